The molecular formula is C21H26N2O3S. The zero-order chi connectivity index (χ0) is 19.1. The predicted molar refractivity (Wildman–Crippen MR) is 107 cm³/mol. The molecule has 1 saturated carbocycles. The van der Waals surface area contributed by atoms with Crippen molar-refractivity contribution in [1.29, 1.82) is 0 Å². The normalized spacial score (nSPS) is 15.9. The maximum absolute atomic E-state index is 12.7. The standard InChI is InChI=1S/C21H26N2O3S/c1-26-19(24)13-17(12-15-8-4-2-5-9-15)23-20(25)18-14-22-21(27-18)16-10-6-3-7-11-16/h3,6-7,10-11,14-15,17H,2,4-5,8-9,12-13H2,1H3,(H,23,25)/t17-/m0/s1. The summed E-state index contributed by atoms with van der Waals surface area (Å²) in [6.45, 7) is 0. The second-order valence-corrected chi connectivity index (χ2v) is 8.12. The lowest BCUT2D eigenvalue weighted by Gasteiger charge is -2.26. The zero-order valence-electron chi connectivity index (χ0n) is 15.6. The Labute approximate surface area is 164 Å². The van der Waals surface area contributed by atoms with E-state index >= 15 is 0 Å². The molecule has 0 unspecified atom stereocenters. The second kappa shape index (κ2) is 9.65. The maximum Gasteiger partial charge on any atom is 0.307 e. The highest BCUT2D eigenvalue weighted by Crippen LogP contribution is 2.29. The fourth-order valence-corrected chi connectivity index (χ4v) is 4.48. The van der Waals surface area contributed by atoms with Gasteiger partial charge in [0.15, 0.2) is 0 Å². The molecular weight excluding hydrogens is 360 g/mol. The van der Waals surface area contributed by atoms with Crippen LogP contribution in [0.25, 0.3) is 10.6 Å². The Morgan fingerprint density at radius 1 is 1.22 bits per heavy atom. The number of esters is 1. The van der Waals surface area contributed by atoms with E-state index in [-0.39, 0.29) is 24.3 Å². The molecule has 1 amide bonds. The molecule has 0 spiro atoms. The van der Waals surface area contributed by atoms with E-state index in [9.17, 15) is 9.59 Å². The third kappa shape index (κ3) is 5.63. The number of hydrogen-bond donors (Lipinski definition) is 1. The molecule has 1 aromatic carbocycles. The molecule has 1 aliphatic carbocycles. The van der Waals surface area contributed by atoms with Gasteiger partial charge < -0.3 is 10.1 Å². The zero-order valence-corrected chi connectivity index (χ0v) is 16.5. The Kier molecular flexibility index (Phi) is 6.98. The first kappa shape index (κ1) is 19.5. The van der Waals surface area contributed by atoms with Gasteiger partial charge in [-0.2, -0.15) is 0 Å². The Morgan fingerprint density at radius 3 is 2.67 bits per heavy atom. The van der Waals surface area contributed by atoms with E-state index in [4.69, 9.17) is 4.74 Å². The number of carbonyl (C=O) groups is 2. The van der Waals surface area contributed by atoms with Gasteiger partial charge in [-0.05, 0) is 12.3 Å². The average Bonchev–Trinajstić information content (AvgIpc) is 3.20. The molecule has 0 radical (unpaired) electrons. The van der Waals surface area contributed by atoms with Gasteiger partial charge in [0, 0.05) is 11.6 Å². The highest BCUT2D eigenvalue weighted by atomic mass is 32.1. The maximum atomic E-state index is 12.7. The molecule has 1 heterocycles. The van der Waals surface area contributed by atoms with Crippen LogP contribution in [0, 0.1) is 5.92 Å². The molecule has 6 heteroatoms. The van der Waals surface area contributed by atoms with Crippen molar-refractivity contribution in [3.05, 3.63) is 41.4 Å². The van der Waals surface area contributed by atoms with Gasteiger partial charge in [0.2, 0.25) is 0 Å². The third-order valence-corrected chi connectivity index (χ3v) is 6.11. The summed E-state index contributed by atoms with van der Waals surface area (Å²) in [5.41, 5.74) is 0.995. The van der Waals surface area contributed by atoms with Gasteiger partial charge in [-0.1, -0.05) is 62.4 Å². The summed E-state index contributed by atoms with van der Waals surface area (Å²) in [5.74, 6) is 0.111. The smallest absolute Gasteiger partial charge is 0.307 e. The summed E-state index contributed by atoms with van der Waals surface area (Å²) in [6.07, 6.45) is 8.75. The molecule has 0 aliphatic heterocycles. The number of thiazole rings is 1. The lowest BCUT2D eigenvalue weighted by molar-refractivity contribution is -0.141. The van der Waals surface area contributed by atoms with E-state index in [0.29, 0.717) is 10.8 Å². The van der Waals surface area contributed by atoms with E-state index in [1.807, 2.05) is 30.3 Å². The number of carbonyl (C=O) groups excluding carboxylic acids is 2. The van der Waals surface area contributed by atoms with Crippen LogP contribution in [0.4, 0.5) is 0 Å². The Hall–Kier alpha value is -2.21. The summed E-state index contributed by atoms with van der Waals surface area (Å²) < 4.78 is 4.82. The SMILES string of the molecule is COC(=O)C[C@H](CC1CCCCC1)NC(=O)c1cnc(-c2ccccc2)s1. The minimum Gasteiger partial charge on any atom is -0.469 e. The highest BCUT2D eigenvalue weighted by molar-refractivity contribution is 7.16. The minimum absolute atomic E-state index is 0.167. The molecule has 27 heavy (non-hydrogen) atoms. The van der Waals surface area contributed by atoms with Crippen molar-refractivity contribution in [2.45, 2.75) is 51.0 Å². The van der Waals surface area contributed by atoms with E-state index in [2.05, 4.69) is 10.3 Å². The quantitative estimate of drug-likeness (QED) is 0.714. The number of amides is 1. The van der Waals surface area contributed by atoms with Crippen LogP contribution in [0.2, 0.25) is 0 Å². The van der Waals surface area contributed by atoms with E-state index in [1.165, 1.54) is 50.6 Å². The van der Waals surface area contributed by atoms with Crippen LogP contribution in [-0.4, -0.2) is 30.0 Å². The number of methoxy groups -OCH3 is 1. The number of aromatic nitrogens is 1. The Morgan fingerprint density at radius 2 is 1.96 bits per heavy atom. The number of nitrogens with zero attached hydrogens (tertiary/aromatic N) is 1. The number of benzene rings is 1. The van der Waals surface area contributed by atoms with Crippen molar-refractivity contribution >= 4 is 23.2 Å². The van der Waals surface area contributed by atoms with Crippen LogP contribution in [0.1, 0.15) is 54.6 Å². The minimum atomic E-state index is -0.287. The van der Waals surface area contributed by atoms with Gasteiger partial charge in [0.05, 0.1) is 19.7 Å². The van der Waals surface area contributed by atoms with E-state index in [0.717, 1.165) is 17.0 Å². The Balaban J connectivity index is 1.66. The van der Waals surface area contributed by atoms with Gasteiger partial charge in [-0.15, -0.1) is 11.3 Å². The number of hydrogen-bond acceptors (Lipinski definition) is 5. The van der Waals surface area contributed by atoms with Crippen LogP contribution in [0.5, 0.6) is 0 Å². The molecule has 2 aromatic rings. The topological polar surface area (TPSA) is 68.3 Å². The summed E-state index contributed by atoms with van der Waals surface area (Å²) in [7, 11) is 1.39. The monoisotopic (exact) mass is 386 g/mol. The van der Waals surface area contributed by atoms with Crippen molar-refractivity contribution in [2.24, 2.45) is 5.92 Å². The molecule has 3 rings (SSSR count). The molecule has 144 valence electrons. The van der Waals surface area contributed by atoms with Crippen molar-refractivity contribution in [3.8, 4) is 10.6 Å². The van der Waals surface area contributed by atoms with Crippen LogP contribution in [0.3, 0.4) is 0 Å². The lowest BCUT2D eigenvalue weighted by atomic mass is 9.84. The van der Waals surface area contributed by atoms with E-state index in [1.54, 1.807) is 6.20 Å². The van der Waals surface area contributed by atoms with Crippen molar-refractivity contribution in [3.63, 3.8) is 0 Å². The summed E-state index contributed by atoms with van der Waals surface area (Å²) in [6, 6.07) is 9.61. The first-order valence-corrected chi connectivity index (χ1v) is 10.4. The first-order chi connectivity index (χ1) is 13.2. The van der Waals surface area contributed by atoms with Gasteiger partial charge in [-0.3, -0.25) is 9.59 Å². The summed E-state index contributed by atoms with van der Waals surface area (Å²) >= 11 is 1.37. The third-order valence-electron chi connectivity index (χ3n) is 5.07. The molecule has 1 aliphatic rings. The van der Waals surface area contributed by atoms with Gasteiger partial charge in [0.1, 0.15) is 9.88 Å². The Bertz CT molecular complexity index is 754. The van der Waals surface area contributed by atoms with Gasteiger partial charge >= 0.3 is 5.97 Å². The average molecular weight is 387 g/mol. The second-order valence-electron chi connectivity index (χ2n) is 7.09. The number of nitrogens with one attached hydrogen (secondary N) is 1. The van der Waals surface area contributed by atoms with Crippen LogP contribution in [0.15, 0.2) is 36.5 Å². The van der Waals surface area contributed by atoms with Crippen molar-refractivity contribution in [1.82, 2.24) is 10.3 Å². The summed E-state index contributed by atoms with van der Waals surface area (Å²) in [4.78, 5) is 29.4. The fraction of sp³-hybridized carbons (Fsp3) is 0.476. The largest absolute Gasteiger partial charge is 0.469 e. The highest BCUT2D eigenvalue weighted by Gasteiger charge is 2.24. The summed E-state index contributed by atoms with van der Waals surface area (Å²) in [5, 5.41) is 3.86. The molecule has 0 bridgehead atoms. The fourth-order valence-electron chi connectivity index (χ4n) is 3.65. The lowest BCUT2D eigenvalue weighted by Crippen LogP contribution is -2.38. The van der Waals surface area contributed by atoms with Crippen LogP contribution < -0.4 is 5.32 Å². The molecule has 5 nitrogen and oxygen atoms in total. The van der Waals surface area contributed by atoms with Crippen molar-refractivity contribution in [2.75, 3.05) is 7.11 Å². The molecule has 1 fully saturated rings. The first-order valence-electron chi connectivity index (χ1n) is 9.54. The van der Waals surface area contributed by atoms with Crippen molar-refractivity contribution < 1.29 is 14.3 Å². The number of rotatable bonds is 7. The predicted octanol–water partition coefficient (Wildman–Crippen LogP) is 4.44. The molecule has 1 N–H and O–H groups in total. The van der Waals surface area contributed by atoms with Gasteiger partial charge in [-0.25, -0.2) is 4.98 Å². The van der Waals surface area contributed by atoms with Gasteiger partial charge in [0.25, 0.3) is 5.91 Å². The van der Waals surface area contributed by atoms with Crippen LogP contribution >= 0.6 is 11.3 Å². The van der Waals surface area contributed by atoms with E-state index < -0.39 is 0 Å². The molecule has 1 atom stereocenters. The molecule has 1 aromatic heterocycles. The molecule has 0 saturated heterocycles. The number of ether oxygens (including phenoxy) is 1. The van der Waals surface area contributed by atoms with Crippen LogP contribution in [-0.2, 0) is 9.53 Å².